The SMILES string of the molecule is COCCN(Cc1ccncc1)C(=O)c1cc2ccc(C)cc2n1C. The number of rotatable bonds is 6. The number of aryl methyl sites for hydroxylation is 2. The predicted molar refractivity (Wildman–Crippen MR) is 98.5 cm³/mol. The first-order valence-corrected chi connectivity index (χ1v) is 8.33. The summed E-state index contributed by atoms with van der Waals surface area (Å²) in [5.74, 6) is 0.00483. The van der Waals surface area contributed by atoms with Gasteiger partial charge in [-0.1, -0.05) is 12.1 Å². The van der Waals surface area contributed by atoms with Crippen LogP contribution in [-0.4, -0.2) is 40.6 Å². The number of hydrogen-bond acceptors (Lipinski definition) is 3. The van der Waals surface area contributed by atoms with Crippen LogP contribution in [0.1, 0.15) is 21.6 Å². The number of fused-ring (bicyclic) bond motifs is 1. The van der Waals surface area contributed by atoms with Crippen LogP contribution < -0.4 is 0 Å². The summed E-state index contributed by atoms with van der Waals surface area (Å²) in [5.41, 5.74) is 3.99. The zero-order valence-corrected chi connectivity index (χ0v) is 14.9. The van der Waals surface area contributed by atoms with E-state index in [9.17, 15) is 4.79 Å². The predicted octanol–water partition coefficient (Wildman–Crippen LogP) is 3.17. The minimum Gasteiger partial charge on any atom is -0.383 e. The van der Waals surface area contributed by atoms with E-state index >= 15 is 0 Å². The number of nitrogens with zero attached hydrogens (tertiary/aromatic N) is 3. The summed E-state index contributed by atoms with van der Waals surface area (Å²) in [6.45, 7) is 3.63. The van der Waals surface area contributed by atoms with E-state index < -0.39 is 0 Å². The molecule has 0 saturated carbocycles. The van der Waals surface area contributed by atoms with Crippen LogP contribution in [0.5, 0.6) is 0 Å². The molecule has 0 atom stereocenters. The Hall–Kier alpha value is -2.66. The fourth-order valence-electron chi connectivity index (χ4n) is 2.97. The summed E-state index contributed by atoms with van der Waals surface area (Å²) in [6.07, 6.45) is 3.49. The Kier molecular flexibility index (Phi) is 5.14. The van der Waals surface area contributed by atoms with Gasteiger partial charge in [0, 0.05) is 50.5 Å². The van der Waals surface area contributed by atoms with Gasteiger partial charge in [-0.25, -0.2) is 0 Å². The second-order valence-corrected chi connectivity index (χ2v) is 6.23. The number of carbonyl (C=O) groups is 1. The lowest BCUT2D eigenvalue weighted by molar-refractivity contribution is 0.0671. The first-order chi connectivity index (χ1) is 12.1. The van der Waals surface area contributed by atoms with Crippen molar-refractivity contribution in [3.05, 3.63) is 65.6 Å². The number of benzene rings is 1. The number of hydrogen-bond donors (Lipinski definition) is 0. The topological polar surface area (TPSA) is 47.4 Å². The lowest BCUT2D eigenvalue weighted by Gasteiger charge is -2.22. The molecule has 0 aliphatic heterocycles. The smallest absolute Gasteiger partial charge is 0.270 e. The molecule has 0 unspecified atom stereocenters. The van der Waals surface area contributed by atoms with Crippen LogP contribution in [0, 0.1) is 6.92 Å². The molecule has 0 saturated heterocycles. The molecule has 3 rings (SSSR count). The van der Waals surface area contributed by atoms with Crippen molar-refractivity contribution in [1.29, 1.82) is 0 Å². The standard InChI is InChI=1S/C20H23N3O2/c1-15-4-5-17-13-19(22(2)18(17)12-15)20(24)23(10-11-25-3)14-16-6-8-21-9-7-16/h4-9,12-13H,10-11,14H2,1-3H3. The summed E-state index contributed by atoms with van der Waals surface area (Å²) in [4.78, 5) is 19.0. The zero-order valence-electron chi connectivity index (χ0n) is 14.9. The molecule has 0 radical (unpaired) electrons. The summed E-state index contributed by atoms with van der Waals surface area (Å²) in [5, 5.41) is 1.08. The minimum atomic E-state index is 0.00483. The van der Waals surface area contributed by atoms with Gasteiger partial charge in [0.05, 0.1) is 6.61 Å². The van der Waals surface area contributed by atoms with E-state index in [0.29, 0.717) is 25.4 Å². The quantitative estimate of drug-likeness (QED) is 0.694. The highest BCUT2D eigenvalue weighted by molar-refractivity contribution is 5.98. The molecule has 0 aliphatic rings. The molecule has 5 nitrogen and oxygen atoms in total. The number of ether oxygens (including phenoxy) is 1. The number of amides is 1. The van der Waals surface area contributed by atoms with Crippen molar-refractivity contribution in [3.63, 3.8) is 0 Å². The second kappa shape index (κ2) is 7.49. The van der Waals surface area contributed by atoms with Crippen LogP contribution in [0.25, 0.3) is 10.9 Å². The zero-order chi connectivity index (χ0) is 17.8. The summed E-state index contributed by atoms with van der Waals surface area (Å²) < 4.78 is 7.16. The number of pyridine rings is 1. The molecule has 5 heteroatoms. The summed E-state index contributed by atoms with van der Waals surface area (Å²) >= 11 is 0. The third-order valence-corrected chi connectivity index (χ3v) is 4.40. The maximum absolute atomic E-state index is 13.2. The molecule has 25 heavy (non-hydrogen) atoms. The molecule has 2 heterocycles. The fourth-order valence-corrected chi connectivity index (χ4v) is 2.97. The lowest BCUT2D eigenvalue weighted by atomic mass is 10.2. The van der Waals surface area contributed by atoms with Gasteiger partial charge in [0.25, 0.3) is 5.91 Å². The molecule has 0 spiro atoms. The Bertz CT molecular complexity index is 871. The Labute approximate surface area is 147 Å². The van der Waals surface area contributed by atoms with E-state index in [2.05, 4.69) is 30.1 Å². The Morgan fingerprint density at radius 2 is 1.96 bits per heavy atom. The maximum atomic E-state index is 13.2. The third-order valence-electron chi connectivity index (χ3n) is 4.40. The van der Waals surface area contributed by atoms with E-state index in [1.54, 1.807) is 19.5 Å². The molecule has 0 aliphatic carbocycles. The van der Waals surface area contributed by atoms with Crippen LogP contribution in [0.4, 0.5) is 0 Å². The number of carbonyl (C=O) groups excluding carboxylic acids is 1. The monoisotopic (exact) mass is 337 g/mol. The van der Waals surface area contributed by atoms with Gasteiger partial charge < -0.3 is 14.2 Å². The first-order valence-electron chi connectivity index (χ1n) is 8.33. The Balaban J connectivity index is 1.92. The molecule has 0 N–H and O–H groups in total. The number of aromatic nitrogens is 2. The van der Waals surface area contributed by atoms with Gasteiger partial charge in [-0.05, 0) is 42.3 Å². The molecule has 2 aromatic heterocycles. The molecule has 3 aromatic rings. The van der Waals surface area contributed by atoms with Crippen LogP contribution in [-0.2, 0) is 18.3 Å². The van der Waals surface area contributed by atoms with Crippen LogP contribution in [0.2, 0.25) is 0 Å². The average Bonchev–Trinajstić information content (AvgIpc) is 2.95. The molecular formula is C20H23N3O2. The molecule has 1 aromatic carbocycles. The average molecular weight is 337 g/mol. The van der Waals surface area contributed by atoms with Gasteiger partial charge in [-0.3, -0.25) is 9.78 Å². The minimum absolute atomic E-state index is 0.00483. The third kappa shape index (κ3) is 3.72. The Morgan fingerprint density at radius 3 is 2.68 bits per heavy atom. The van der Waals surface area contributed by atoms with Crippen molar-refractivity contribution in [2.24, 2.45) is 7.05 Å². The van der Waals surface area contributed by atoms with E-state index in [0.717, 1.165) is 16.5 Å². The number of methoxy groups -OCH3 is 1. The molecule has 1 amide bonds. The van der Waals surface area contributed by atoms with E-state index in [1.165, 1.54) is 5.56 Å². The molecule has 0 bridgehead atoms. The van der Waals surface area contributed by atoms with Gasteiger partial charge in [-0.2, -0.15) is 0 Å². The lowest BCUT2D eigenvalue weighted by Crippen LogP contribution is -2.34. The van der Waals surface area contributed by atoms with Crippen molar-refractivity contribution in [2.75, 3.05) is 20.3 Å². The van der Waals surface area contributed by atoms with Crippen molar-refractivity contribution < 1.29 is 9.53 Å². The van der Waals surface area contributed by atoms with Crippen LogP contribution in [0.3, 0.4) is 0 Å². The van der Waals surface area contributed by atoms with E-state index in [4.69, 9.17) is 4.74 Å². The van der Waals surface area contributed by atoms with Crippen LogP contribution >= 0.6 is 0 Å². The highest BCUT2D eigenvalue weighted by Gasteiger charge is 2.20. The van der Waals surface area contributed by atoms with Gasteiger partial charge in [0.15, 0.2) is 0 Å². The van der Waals surface area contributed by atoms with Crippen molar-refractivity contribution in [2.45, 2.75) is 13.5 Å². The van der Waals surface area contributed by atoms with Crippen molar-refractivity contribution in [3.8, 4) is 0 Å². The van der Waals surface area contributed by atoms with Gasteiger partial charge in [-0.15, -0.1) is 0 Å². The van der Waals surface area contributed by atoms with Crippen molar-refractivity contribution in [1.82, 2.24) is 14.5 Å². The highest BCUT2D eigenvalue weighted by atomic mass is 16.5. The van der Waals surface area contributed by atoms with Gasteiger partial charge in [0.1, 0.15) is 5.69 Å². The largest absolute Gasteiger partial charge is 0.383 e. The van der Waals surface area contributed by atoms with Crippen LogP contribution in [0.15, 0.2) is 48.8 Å². The molecule has 0 fully saturated rings. The first kappa shape index (κ1) is 17.2. The summed E-state index contributed by atoms with van der Waals surface area (Å²) in [6, 6.07) is 12.0. The second-order valence-electron chi connectivity index (χ2n) is 6.23. The Morgan fingerprint density at radius 1 is 1.20 bits per heavy atom. The molecule has 130 valence electrons. The van der Waals surface area contributed by atoms with Gasteiger partial charge >= 0.3 is 0 Å². The fraction of sp³-hybridized carbons (Fsp3) is 0.300. The molecular weight excluding hydrogens is 314 g/mol. The van der Waals surface area contributed by atoms with Crippen molar-refractivity contribution >= 4 is 16.8 Å². The summed E-state index contributed by atoms with van der Waals surface area (Å²) in [7, 11) is 3.59. The maximum Gasteiger partial charge on any atom is 0.270 e. The normalized spacial score (nSPS) is 11.0. The highest BCUT2D eigenvalue weighted by Crippen LogP contribution is 2.21. The van der Waals surface area contributed by atoms with E-state index in [1.807, 2.05) is 34.7 Å². The van der Waals surface area contributed by atoms with Gasteiger partial charge in [0.2, 0.25) is 0 Å². The van der Waals surface area contributed by atoms with E-state index in [-0.39, 0.29) is 5.91 Å².